The molecule has 0 aliphatic heterocycles. The highest BCUT2D eigenvalue weighted by atomic mass is 127. The fourth-order valence-corrected chi connectivity index (χ4v) is 4.30. The molecule has 3 nitrogen and oxygen atoms in total. The van der Waals surface area contributed by atoms with Crippen LogP contribution in [0.2, 0.25) is 0 Å². The Morgan fingerprint density at radius 1 is 0.750 bits per heavy atom. The number of alkyl halides is 9. The van der Waals surface area contributed by atoms with Gasteiger partial charge in [-0.25, -0.2) is 8.42 Å². The van der Waals surface area contributed by atoms with Crippen molar-refractivity contribution in [1.29, 1.82) is 0 Å². The summed E-state index contributed by atoms with van der Waals surface area (Å²) in [5, 5.41) is -7.11. The second-order valence-corrected chi connectivity index (χ2v) is 11.5. The van der Waals surface area contributed by atoms with Gasteiger partial charge < -0.3 is 4.55 Å². The van der Waals surface area contributed by atoms with Crippen LogP contribution in [0, 0.1) is 3.57 Å². The van der Waals surface area contributed by atoms with Crippen LogP contribution in [0.25, 0.3) is 0 Å². The highest BCUT2D eigenvalue weighted by Gasteiger charge is 2.83. The highest BCUT2D eigenvalue weighted by Crippen LogP contribution is 2.54. The molecule has 0 spiro atoms. The summed E-state index contributed by atoms with van der Waals surface area (Å²) in [6, 6.07) is 6.67. The standard InChI is InChI=1S/C14H22I.C4HF9O3S/c1-13(2,3)10-8-7-9-11(15)12(10)14(4,5)6;5-1(6,3(9,10)11)2(7,8)4(12,13)17(14,15)16/h7-9,15H,1-6H3;(H,14,15,16)/q+1;/p-1. The van der Waals surface area contributed by atoms with Crippen molar-refractivity contribution in [2.45, 2.75) is 75.6 Å². The number of hydrogen-bond acceptors (Lipinski definition) is 3. The summed E-state index contributed by atoms with van der Waals surface area (Å²) in [5.74, 6) is -14.8. The number of hydrogen-bond donors (Lipinski definition) is 0. The molecule has 0 atom stereocenters. The SMILES string of the molecule is CC(C)(C)c1cccc([IH+])c1C(C)(C)C.O=S(=O)([O-])C(F)(F)C(F)(F)C(F)(F)C(F)(F)F. The van der Waals surface area contributed by atoms with E-state index in [1.54, 1.807) is 0 Å². The lowest BCUT2D eigenvalue weighted by atomic mass is 9.75. The van der Waals surface area contributed by atoms with E-state index in [2.05, 4.69) is 82.3 Å². The minimum Gasteiger partial charge on any atom is -0.743 e. The number of benzene rings is 1. The second kappa shape index (κ2) is 9.12. The fraction of sp³-hybridized carbons (Fsp3) is 0.667. The average Bonchev–Trinajstić information content (AvgIpc) is 2.50. The van der Waals surface area contributed by atoms with E-state index in [1.807, 2.05) is 0 Å². The van der Waals surface area contributed by atoms with Crippen molar-refractivity contribution in [3.05, 3.63) is 32.9 Å². The van der Waals surface area contributed by atoms with Crippen LogP contribution < -0.4 is 22.6 Å². The molecule has 0 saturated heterocycles. The Morgan fingerprint density at radius 2 is 1.16 bits per heavy atom. The molecule has 0 amide bonds. The van der Waals surface area contributed by atoms with Gasteiger partial charge in [-0.2, -0.15) is 39.5 Å². The van der Waals surface area contributed by atoms with Crippen LogP contribution >= 0.6 is 0 Å². The molecular weight excluding hydrogens is 594 g/mol. The zero-order valence-electron chi connectivity index (χ0n) is 17.7. The first-order valence-corrected chi connectivity index (χ1v) is 11.2. The smallest absolute Gasteiger partial charge is 0.460 e. The van der Waals surface area contributed by atoms with Crippen molar-refractivity contribution in [2.24, 2.45) is 0 Å². The van der Waals surface area contributed by atoms with E-state index in [4.69, 9.17) is 0 Å². The van der Waals surface area contributed by atoms with Gasteiger partial charge in [0.1, 0.15) is 0 Å². The molecule has 188 valence electrons. The van der Waals surface area contributed by atoms with Crippen molar-refractivity contribution in [1.82, 2.24) is 0 Å². The van der Waals surface area contributed by atoms with Crippen LogP contribution in [0.1, 0.15) is 52.7 Å². The van der Waals surface area contributed by atoms with Gasteiger partial charge in [-0.15, -0.1) is 0 Å². The number of rotatable bonds is 3. The first-order valence-electron chi connectivity index (χ1n) is 8.60. The van der Waals surface area contributed by atoms with Crippen LogP contribution in [-0.2, 0) is 20.9 Å². The predicted molar refractivity (Wildman–Crippen MR) is 94.5 cm³/mol. The minimum absolute atomic E-state index is 0.232. The molecule has 1 aromatic carbocycles. The molecule has 0 fully saturated rings. The van der Waals surface area contributed by atoms with Crippen LogP contribution in [0.15, 0.2) is 18.2 Å². The van der Waals surface area contributed by atoms with Crippen LogP contribution in [0.5, 0.6) is 0 Å². The topological polar surface area (TPSA) is 57.2 Å². The summed E-state index contributed by atoms with van der Waals surface area (Å²) in [6.45, 7) is 13.8. The lowest BCUT2D eigenvalue weighted by Gasteiger charge is -2.34. The van der Waals surface area contributed by atoms with E-state index >= 15 is 0 Å². The lowest BCUT2D eigenvalue weighted by Crippen LogP contribution is -3.34. The van der Waals surface area contributed by atoms with Crippen molar-refractivity contribution >= 4 is 10.1 Å². The van der Waals surface area contributed by atoms with Gasteiger partial charge in [-0.3, -0.25) is 0 Å². The van der Waals surface area contributed by atoms with Gasteiger partial charge >= 0.3 is 23.3 Å². The van der Waals surface area contributed by atoms with Crippen LogP contribution in [-0.4, -0.2) is 36.2 Å². The molecule has 0 heterocycles. The third-order valence-corrected chi connectivity index (χ3v) is 5.87. The summed E-state index contributed by atoms with van der Waals surface area (Å²) in [6.07, 6.45) is -7.16. The summed E-state index contributed by atoms with van der Waals surface area (Å²) in [7, 11) is -7.42. The molecular formula is C18H22F9IO3S. The lowest BCUT2D eigenvalue weighted by molar-refractivity contribution is -0.382. The van der Waals surface area contributed by atoms with Gasteiger partial charge in [0.05, 0.1) is 0 Å². The summed E-state index contributed by atoms with van der Waals surface area (Å²) < 4.78 is 137. The van der Waals surface area contributed by atoms with Crippen molar-refractivity contribution in [3.8, 4) is 0 Å². The Morgan fingerprint density at radius 3 is 1.41 bits per heavy atom. The van der Waals surface area contributed by atoms with Crippen LogP contribution in [0.3, 0.4) is 0 Å². The summed E-state index contributed by atoms with van der Waals surface area (Å²) in [4.78, 5) is 0. The van der Waals surface area contributed by atoms with E-state index in [0.29, 0.717) is 0 Å². The van der Waals surface area contributed by atoms with E-state index < -0.39 is 33.4 Å². The van der Waals surface area contributed by atoms with Gasteiger partial charge in [0.2, 0.25) is 0 Å². The van der Waals surface area contributed by atoms with Gasteiger partial charge in [0.15, 0.2) is 13.7 Å². The first kappa shape index (κ1) is 31.2. The Hall–Kier alpha value is -0.770. The molecule has 1 aromatic rings. The molecule has 0 saturated carbocycles. The maximum Gasteiger partial charge on any atom is 0.460 e. The monoisotopic (exact) mass is 616 g/mol. The molecule has 32 heavy (non-hydrogen) atoms. The quantitative estimate of drug-likeness (QED) is 0.299. The molecule has 0 aliphatic carbocycles. The Balaban J connectivity index is 0.000000604. The zero-order chi connectivity index (χ0) is 26.4. The maximum atomic E-state index is 12.2. The molecule has 0 N–H and O–H groups in total. The molecule has 14 heteroatoms. The minimum atomic E-state index is -7.43. The highest BCUT2D eigenvalue weighted by molar-refractivity contribution is 7.86. The summed E-state index contributed by atoms with van der Waals surface area (Å²) >= 11 is 2.14. The molecule has 1 rings (SSSR count). The van der Waals surface area contributed by atoms with Gasteiger partial charge in [0.25, 0.3) is 22.6 Å². The normalized spacial score (nSPS) is 14.7. The predicted octanol–water partition coefficient (Wildman–Crippen LogP) is 2.69. The largest absolute Gasteiger partial charge is 0.743 e. The van der Waals surface area contributed by atoms with E-state index in [-0.39, 0.29) is 10.8 Å². The van der Waals surface area contributed by atoms with Crippen molar-refractivity contribution < 1.29 is 75.1 Å². The van der Waals surface area contributed by atoms with Gasteiger partial charge in [0, 0.05) is 5.56 Å². The fourth-order valence-electron chi connectivity index (χ4n) is 2.45. The molecule has 0 radical (unpaired) electrons. The van der Waals surface area contributed by atoms with Crippen molar-refractivity contribution in [2.75, 3.05) is 0 Å². The van der Waals surface area contributed by atoms with E-state index in [9.17, 15) is 52.5 Å². The van der Waals surface area contributed by atoms with Gasteiger partial charge in [-0.1, -0.05) is 53.7 Å². The average molecular weight is 616 g/mol. The third kappa shape index (κ3) is 6.21. The Kier molecular flexibility index (Phi) is 8.90. The molecule has 0 bridgehead atoms. The van der Waals surface area contributed by atoms with E-state index in [1.165, 1.54) is 14.7 Å². The zero-order valence-corrected chi connectivity index (χ0v) is 20.8. The number of halogens is 10. The molecule has 0 aromatic heterocycles. The summed E-state index contributed by atoms with van der Waals surface area (Å²) in [5.41, 5.74) is 3.47. The second-order valence-electron chi connectivity index (χ2n) is 8.80. The Bertz CT molecular complexity index is 913. The first-order chi connectivity index (χ1) is 13.6. The van der Waals surface area contributed by atoms with Crippen molar-refractivity contribution in [3.63, 3.8) is 0 Å². The van der Waals surface area contributed by atoms with E-state index in [0.717, 1.165) is 0 Å². The third-order valence-electron chi connectivity index (χ3n) is 4.01. The Labute approximate surface area is 193 Å². The molecule has 0 aliphatic rings. The van der Waals surface area contributed by atoms with Gasteiger partial charge in [-0.05, 0) is 22.5 Å². The molecule has 0 unspecified atom stereocenters. The maximum absolute atomic E-state index is 12.2. The van der Waals surface area contributed by atoms with Crippen LogP contribution in [0.4, 0.5) is 39.5 Å².